The van der Waals surface area contributed by atoms with Crippen LogP contribution in [0.15, 0.2) is 0 Å². The molecule has 0 fully saturated rings. The lowest BCUT2D eigenvalue weighted by atomic mass is 9.94. The molecule has 0 rings (SSSR count). The van der Waals surface area contributed by atoms with Crippen molar-refractivity contribution in [3.63, 3.8) is 0 Å². The predicted molar refractivity (Wildman–Crippen MR) is 88.5 cm³/mol. The number of carbonyl (C=O) groups is 2. The standard InChI is InChI=1S/C18H34O4/c1-5-7-9-11-21-17(19)14-16(13-15(3)4)18(20)22-12-10-8-6-2/h15-16H,5-14H2,1-4H3. The normalized spacial score (nSPS) is 12.2. The quantitative estimate of drug-likeness (QED) is 0.371. The summed E-state index contributed by atoms with van der Waals surface area (Å²) >= 11 is 0. The highest BCUT2D eigenvalue weighted by Gasteiger charge is 2.25. The van der Waals surface area contributed by atoms with Gasteiger partial charge in [0.05, 0.1) is 25.6 Å². The average Bonchev–Trinajstić information content (AvgIpc) is 2.47. The lowest BCUT2D eigenvalue weighted by Gasteiger charge is -2.17. The van der Waals surface area contributed by atoms with Gasteiger partial charge in [-0.2, -0.15) is 0 Å². The van der Waals surface area contributed by atoms with Crippen molar-refractivity contribution in [2.24, 2.45) is 11.8 Å². The zero-order valence-corrected chi connectivity index (χ0v) is 14.9. The minimum Gasteiger partial charge on any atom is -0.466 e. The SMILES string of the molecule is CCCCCOC(=O)CC(CC(C)C)C(=O)OCCCCC. The molecular weight excluding hydrogens is 280 g/mol. The van der Waals surface area contributed by atoms with Gasteiger partial charge in [0.25, 0.3) is 0 Å². The average molecular weight is 314 g/mol. The molecule has 1 atom stereocenters. The highest BCUT2D eigenvalue weighted by Crippen LogP contribution is 2.18. The molecule has 0 radical (unpaired) electrons. The van der Waals surface area contributed by atoms with Gasteiger partial charge >= 0.3 is 11.9 Å². The third-order valence-corrected chi connectivity index (χ3v) is 3.51. The van der Waals surface area contributed by atoms with Gasteiger partial charge in [0.15, 0.2) is 0 Å². The molecule has 0 aromatic carbocycles. The molecule has 4 heteroatoms. The van der Waals surface area contributed by atoms with Crippen LogP contribution in [0.2, 0.25) is 0 Å². The second-order valence-electron chi connectivity index (χ2n) is 6.33. The van der Waals surface area contributed by atoms with Gasteiger partial charge in [0.2, 0.25) is 0 Å². The third kappa shape index (κ3) is 11.6. The Labute approximate surface area is 135 Å². The van der Waals surface area contributed by atoms with Gasteiger partial charge in [0, 0.05) is 0 Å². The third-order valence-electron chi connectivity index (χ3n) is 3.51. The van der Waals surface area contributed by atoms with Crippen LogP contribution in [0.3, 0.4) is 0 Å². The van der Waals surface area contributed by atoms with E-state index in [1.807, 2.05) is 13.8 Å². The van der Waals surface area contributed by atoms with E-state index >= 15 is 0 Å². The van der Waals surface area contributed by atoms with E-state index in [1.165, 1.54) is 0 Å². The Balaban J connectivity index is 4.19. The molecule has 0 saturated carbocycles. The molecule has 4 nitrogen and oxygen atoms in total. The van der Waals surface area contributed by atoms with Crippen molar-refractivity contribution in [1.82, 2.24) is 0 Å². The first-order chi connectivity index (χ1) is 10.5. The molecule has 0 heterocycles. The maximum Gasteiger partial charge on any atom is 0.309 e. The predicted octanol–water partition coefficient (Wildman–Crippen LogP) is 4.51. The highest BCUT2D eigenvalue weighted by molar-refractivity contribution is 5.79. The fraction of sp³-hybridized carbons (Fsp3) is 0.889. The number of carbonyl (C=O) groups excluding carboxylic acids is 2. The van der Waals surface area contributed by atoms with Crippen LogP contribution in [-0.4, -0.2) is 25.2 Å². The largest absolute Gasteiger partial charge is 0.466 e. The number of hydrogen-bond acceptors (Lipinski definition) is 4. The number of hydrogen-bond donors (Lipinski definition) is 0. The van der Waals surface area contributed by atoms with E-state index in [-0.39, 0.29) is 24.3 Å². The van der Waals surface area contributed by atoms with E-state index in [1.54, 1.807) is 0 Å². The van der Waals surface area contributed by atoms with E-state index < -0.39 is 0 Å². The Morgan fingerprint density at radius 2 is 1.41 bits per heavy atom. The second kappa shape index (κ2) is 13.6. The summed E-state index contributed by atoms with van der Waals surface area (Å²) in [5.74, 6) is -0.566. The van der Waals surface area contributed by atoms with Crippen molar-refractivity contribution in [3.05, 3.63) is 0 Å². The van der Waals surface area contributed by atoms with Crippen molar-refractivity contribution in [2.75, 3.05) is 13.2 Å². The van der Waals surface area contributed by atoms with Crippen LogP contribution >= 0.6 is 0 Å². The number of rotatable bonds is 13. The second-order valence-corrected chi connectivity index (χ2v) is 6.33. The molecule has 0 aromatic rings. The summed E-state index contributed by atoms with van der Waals surface area (Å²) in [4.78, 5) is 24.0. The molecule has 0 aliphatic carbocycles. The van der Waals surface area contributed by atoms with Crippen LogP contribution in [0.5, 0.6) is 0 Å². The topological polar surface area (TPSA) is 52.6 Å². The molecule has 0 aliphatic rings. The molecule has 1 unspecified atom stereocenters. The molecule has 0 aliphatic heterocycles. The molecule has 22 heavy (non-hydrogen) atoms. The Morgan fingerprint density at radius 3 is 1.91 bits per heavy atom. The van der Waals surface area contributed by atoms with Crippen molar-refractivity contribution in [1.29, 1.82) is 0 Å². The Morgan fingerprint density at radius 1 is 0.864 bits per heavy atom. The van der Waals surface area contributed by atoms with Gasteiger partial charge in [-0.3, -0.25) is 9.59 Å². The van der Waals surface area contributed by atoms with Crippen LogP contribution in [0, 0.1) is 11.8 Å². The lowest BCUT2D eigenvalue weighted by Crippen LogP contribution is -2.24. The summed E-state index contributed by atoms with van der Waals surface area (Å²) < 4.78 is 10.5. The van der Waals surface area contributed by atoms with Gasteiger partial charge in [-0.05, 0) is 25.2 Å². The number of ether oxygens (including phenoxy) is 2. The minimum absolute atomic E-state index is 0.136. The van der Waals surface area contributed by atoms with Gasteiger partial charge in [-0.25, -0.2) is 0 Å². The number of unbranched alkanes of at least 4 members (excludes halogenated alkanes) is 4. The van der Waals surface area contributed by atoms with E-state index in [2.05, 4.69) is 13.8 Å². The van der Waals surface area contributed by atoms with E-state index in [0.717, 1.165) is 38.5 Å². The molecule has 0 saturated heterocycles. The Hall–Kier alpha value is -1.06. The Bertz CT molecular complexity index is 299. The summed E-state index contributed by atoms with van der Waals surface area (Å²) in [5, 5.41) is 0. The summed E-state index contributed by atoms with van der Waals surface area (Å²) in [6.07, 6.45) is 6.88. The lowest BCUT2D eigenvalue weighted by molar-refractivity contribution is -0.156. The van der Waals surface area contributed by atoms with E-state index in [9.17, 15) is 9.59 Å². The van der Waals surface area contributed by atoms with Gasteiger partial charge in [-0.15, -0.1) is 0 Å². The van der Waals surface area contributed by atoms with E-state index in [4.69, 9.17) is 9.47 Å². The molecule has 0 bridgehead atoms. The fourth-order valence-electron chi connectivity index (χ4n) is 2.27. The summed E-state index contributed by atoms with van der Waals surface area (Å²) in [7, 11) is 0. The van der Waals surface area contributed by atoms with Crippen molar-refractivity contribution >= 4 is 11.9 Å². The monoisotopic (exact) mass is 314 g/mol. The molecular formula is C18H34O4. The van der Waals surface area contributed by atoms with Crippen LogP contribution < -0.4 is 0 Å². The van der Waals surface area contributed by atoms with Gasteiger partial charge < -0.3 is 9.47 Å². The van der Waals surface area contributed by atoms with Crippen LogP contribution in [0.25, 0.3) is 0 Å². The van der Waals surface area contributed by atoms with Crippen molar-refractivity contribution in [3.8, 4) is 0 Å². The first kappa shape index (κ1) is 20.9. The zero-order chi connectivity index (χ0) is 16.8. The van der Waals surface area contributed by atoms with Crippen LogP contribution in [0.4, 0.5) is 0 Å². The first-order valence-corrected chi connectivity index (χ1v) is 8.83. The minimum atomic E-state index is -0.375. The van der Waals surface area contributed by atoms with Crippen molar-refractivity contribution < 1.29 is 19.1 Å². The van der Waals surface area contributed by atoms with Crippen LogP contribution in [0.1, 0.15) is 79.1 Å². The molecule has 0 aromatic heterocycles. The molecule has 0 spiro atoms. The van der Waals surface area contributed by atoms with Gasteiger partial charge in [0.1, 0.15) is 0 Å². The maximum atomic E-state index is 12.1. The zero-order valence-electron chi connectivity index (χ0n) is 14.9. The maximum absolute atomic E-state index is 12.1. The summed E-state index contributed by atoms with van der Waals surface area (Å²) in [5.41, 5.74) is 0. The van der Waals surface area contributed by atoms with E-state index in [0.29, 0.717) is 25.6 Å². The smallest absolute Gasteiger partial charge is 0.309 e. The summed E-state index contributed by atoms with van der Waals surface area (Å²) in [6.45, 7) is 9.21. The summed E-state index contributed by atoms with van der Waals surface area (Å²) in [6, 6.07) is 0. The first-order valence-electron chi connectivity index (χ1n) is 8.83. The molecule has 130 valence electrons. The molecule has 0 N–H and O–H groups in total. The van der Waals surface area contributed by atoms with Crippen LogP contribution in [-0.2, 0) is 19.1 Å². The Kier molecular flexibility index (Phi) is 12.9. The highest BCUT2D eigenvalue weighted by atomic mass is 16.5. The van der Waals surface area contributed by atoms with Gasteiger partial charge in [-0.1, -0.05) is 53.4 Å². The number of esters is 2. The van der Waals surface area contributed by atoms with Crippen molar-refractivity contribution in [2.45, 2.75) is 79.1 Å². The fourth-order valence-corrected chi connectivity index (χ4v) is 2.27. The molecule has 0 amide bonds.